The summed E-state index contributed by atoms with van der Waals surface area (Å²) in [6, 6.07) is 15.3. The van der Waals surface area contributed by atoms with Gasteiger partial charge in [0.05, 0.1) is 31.1 Å². The first-order valence-corrected chi connectivity index (χ1v) is 12.9. The first-order chi connectivity index (χ1) is 18.9. The number of carbonyl (C=O) groups is 3. The van der Waals surface area contributed by atoms with Crippen molar-refractivity contribution in [3.63, 3.8) is 0 Å². The normalized spacial score (nSPS) is 14.6. The van der Waals surface area contributed by atoms with Crippen molar-refractivity contribution in [3.8, 4) is 0 Å². The summed E-state index contributed by atoms with van der Waals surface area (Å²) in [6.07, 6.45) is 3.03. The number of furan rings is 1. The largest absolute Gasteiger partial charge is 0.467 e. The first-order valence-electron chi connectivity index (χ1n) is 12.9. The van der Waals surface area contributed by atoms with Gasteiger partial charge >= 0.3 is 12.0 Å². The number of esters is 1. The van der Waals surface area contributed by atoms with Crippen LogP contribution in [0.15, 0.2) is 71.3 Å². The third kappa shape index (κ3) is 8.15. The van der Waals surface area contributed by atoms with E-state index < -0.39 is 12.0 Å². The Bertz CT molecular complexity index is 1220. The number of nitrogens with one attached hydrogen (secondary N) is 1. The molecular weight excluding hydrogens is 505 g/mol. The molecule has 0 bridgehead atoms. The van der Waals surface area contributed by atoms with Crippen molar-refractivity contribution in [2.45, 2.75) is 39.0 Å². The highest BCUT2D eigenvalue weighted by Gasteiger charge is 2.27. The molecule has 1 saturated heterocycles. The number of nitrogens with zero attached hydrogens (tertiary/aromatic N) is 2. The highest BCUT2D eigenvalue weighted by molar-refractivity contribution is 5.94. The van der Waals surface area contributed by atoms with Crippen LogP contribution in [0.3, 0.4) is 0 Å². The fourth-order valence-electron chi connectivity index (χ4n) is 4.26. The Hall–Kier alpha value is -4.18. The molecule has 9 nitrogen and oxygen atoms in total. The van der Waals surface area contributed by atoms with Crippen molar-refractivity contribution >= 4 is 23.6 Å². The quantitative estimate of drug-likeness (QED) is 0.352. The Morgan fingerprint density at radius 1 is 1.03 bits per heavy atom. The summed E-state index contributed by atoms with van der Waals surface area (Å²) in [4.78, 5) is 41.8. The standard InChI is InChI=1S/C29H32FN3O6/c1-2-37-28(35)22-9-13-24(14-10-22)31-29(36)33(19-26-6-4-16-39-26)20-27(34)32(18-25-5-3-15-38-25)17-21-7-11-23(30)12-8-21/h3,5,7-15,26H,2,4,6,16-20H2,1H3,(H,31,36). The number of anilines is 1. The maximum atomic E-state index is 13.6. The van der Waals surface area contributed by atoms with E-state index >= 15 is 0 Å². The molecule has 39 heavy (non-hydrogen) atoms. The number of amides is 3. The van der Waals surface area contributed by atoms with Crippen molar-refractivity contribution in [3.05, 3.63) is 89.6 Å². The molecule has 4 rings (SSSR count). The van der Waals surface area contributed by atoms with E-state index in [-0.39, 0.29) is 50.6 Å². The lowest BCUT2D eigenvalue weighted by Gasteiger charge is -2.29. The lowest BCUT2D eigenvalue weighted by molar-refractivity contribution is -0.133. The zero-order valence-corrected chi connectivity index (χ0v) is 21.8. The van der Waals surface area contributed by atoms with Gasteiger partial charge in [-0.2, -0.15) is 0 Å². The van der Waals surface area contributed by atoms with Gasteiger partial charge in [-0.25, -0.2) is 14.0 Å². The van der Waals surface area contributed by atoms with E-state index in [0.29, 0.717) is 23.6 Å². The Balaban J connectivity index is 1.48. The van der Waals surface area contributed by atoms with Gasteiger partial charge in [0, 0.05) is 25.4 Å². The second kappa shape index (κ2) is 13.6. The highest BCUT2D eigenvalue weighted by Crippen LogP contribution is 2.17. The van der Waals surface area contributed by atoms with Gasteiger partial charge < -0.3 is 29.0 Å². The molecule has 1 aliphatic heterocycles. The van der Waals surface area contributed by atoms with E-state index in [9.17, 15) is 18.8 Å². The Morgan fingerprint density at radius 3 is 2.44 bits per heavy atom. The number of halogens is 1. The van der Waals surface area contributed by atoms with Gasteiger partial charge in [-0.1, -0.05) is 12.1 Å². The maximum absolute atomic E-state index is 13.6. The fourth-order valence-corrected chi connectivity index (χ4v) is 4.26. The van der Waals surface area contributed by atoms with E-state index in [2.05, 4.69) is 5.32 Å². The van der Waals surface area contributed by atoms with Gasteiger partial charge in [-0.15, -0.1) is 0 Å². The lowest BCUT2D eigenvalue weighted by atomic mass is 10.2. The van der Waals surface area contributed by atoms with Gasteiger partial charge in [0.2, 0.25) is 5.91 Å². The van der Waals surface area contributed by atoms with Crippen molar-refractivity contribution in [1.82, 2.24) is 9.80 Å². The van der Waals surface area contributed by atoms with Crippen molar-refractivity contribution in [2.75, 3.05) is 31.6 Å². The zero-order chi connectivity index (χ0) is 27.6. The molecule has 2 aromatic carbocycles. The number of rotatable bonds is 11. The monoisotopic (exact) mass is 537 g/mol. The molecule has 0 saturated carbocycles. The molecule has 10 heteroatoms. The Kier molecular flexibility index (Phi) is 9.69. The molecule has 0 spiro atoms. The third-order valence-corrected chi connectivity index (χ3v) is 6.27. The Morgan fingerprint density at radius 2 is 1.79 bits per heavy atom. The van der Waals surface area contributed by atoms with Crippen LogP contribution in [0.5, 0.6) is 0 Å². The molecule has 2 heterocycles. The van der Waals surface area contributed by atoms with E-state index in [1.54, 1.807) is 60.4 Å². The fraction of sp³-hybridized carbons (Fsp3) is 0.345. The zero-order valence-electron chi connectivity index (χ0n) is 21.8. The minimum Gasteiger partial charge on any atom is -0.467 e. The first kappa shape index (κ1) is 27.8. The van der Waals surface area contributed by atoms with Crippen LogP contribution in [0.2, 0.25) is 0 Å². The van der Waals surface area contributed by atoms with Gasteiger partial charge in [-0.3, -0.25) is 4.79 Å². The van der Waals surface area contributed by atoms with Gasteiger partial charge in [0.25, 0.3) is 0 Å². The maximum Gasteiger partial charge on any atom is 0.338 e. The molecule has 1 unspecified atom stereocenters. The topological polar surface area (TPSA) is 101 Å². The molecule has 1 aromatic heterocycles. The minimum atomic E-state index is -0.470. The van der Waals surface area contributed by atoms with E-state index in [1.165, 1.54) is 23.3 Å². The van der Waals surface area contributed by atoms with Gasteiger partial charge in [0.1, 0.15) is 18.1 Å². The number of carbonyl (C=O) groups excluding carboxylic acids is 3. The highest BCUT2D eigenvalue weighted by atomic mass is 19.1. The molecule has 1 aliphatic rings. The molecule has 0 radical (unpaired) electrons. The van der Waals surface area contributed by atoms with Crippen LogP contribution in [0, 0.1) is 5.82 Å². The average Bonchev–Trinajstić information content (AvgIpc) is 3.64. The molecule has 1 fully saturated rings. The number of ether oxygens (including phenoxy) is 2. The lowest BCUT2D eigenvalue weighted by Crippen LogP contribution is -2.46. The summed E-state index contributed by atoms with van der Waals surface area (Å²) in [5.41, 5.74) is 1.58. The average molecular weight is 538 g/mol. The second-order valence-corrected chi connectivity index (χ2v) is 9.20. The van der Waals surface area contributed by atoms with Crippen LogP contribution in [-0.4, -0.2) is 60.1 Å². The number of hydrogen-bond donors (Lipinski definition) is 1. The summed E-state index contributed by atoms with van der Waals surface area (Å²) >= 11 is 0. The predicted octanol–water partition coefficient (Wildman–Crippen LogP) is 4.84. The molecule has 1 atom stereocenters. The molecule has 206 valence electrons. The molecule has 3 aromatic rings. The summed E-state index contributed by atoms with van der Waals surface area (Å²) in [6.45, 7) is 3.04. The number of benzene rings is 2. The van der Waals surface area contributed by atoms with Crippen molar-refractivity contribution in [2.24, 2.45) is 0 Å². The van der Waals surface area contributed by atoms with Crippen molar-refractivity contribution < 1.29 is 32.7 Å². The smallest absolute Gasteiger partial charge is 0.338 e. The van der Waals surface area contributed by atoms with E-state index in [1.807, 2.05) is 0 Å². The molecule has 1 N–H and O–H groups in total. The molecule has 0 aliphatic carbocycles. The third-order valence-electron chi connectivity index (χ3n) is 6.27. The van der Waals surface area contributed by atoms with Crippen LogP contribution in [-0.2, 0) is 27.4 Å². The second-order valence-electron chi connectivity index (χ2n) is 9.20. The van der Waals surface area contributed by atoms with Crippen LogP contribution < -0.4 is 5.32 Å². The van der Waals surface area contributed by atoms with E-state index in [4.69, 9.17) is 13.9 Å². The van der Waals surface area contributed by atoms with Crippen LogP contribution in [0.25, 0.3) is 0 Å². The number of hydrogen-bond acceptors (Lipinski definition) is 6. The van der Waals surface area contributed by atoms with Gasteiger partial charge in [-0.05, 0) is 73.9 Å². The molecule has 3 amide bonds. The summed E-state index contributed by atoms with van der Waals surface area (Å²) in [5, 5.41) is 2.81. The minimum absolute atomic E-state index is 0.176. The predicted molar refractivity (Wildman–Crippen MR) is 141 cm³/mol. The van der Waals surface area contributed by atoms with Gasteiger partial charge in [0.15, 0.2) is 0 Å². The van der Waals surface area contributed by atoms with Crippen LogP contribution in [0.4, 0.5) is 14.9 Å². The Labute approximate surface area is 226 Å². The number of urea groups is 1. The van der Waals surface area contributed by atoms with Crippen LogP contribution >= 0.6 is 0 Å². The molecular formula is C29H32FN3O6. The van der Waals surface area contributed by atoms with Crippen molar-refractivity contribution in [1.29, 1.82) is 0 Å². The summed E-state index contributed by atoms with van der Waals surface area (Å²) in [7, 11) is 0. The summed E-state index contributed by atoms with van der Waals surface area (Å²) < 4.78 is 29.6. The summed E-state index contributed by atoms with van der Waals surface area (Å²) in [5.74, 6) is -0.528. The van der Waals surface area contributed by atoms with Crippen LogP contribution in [0.1, 0.15) is 41.4 Å². The SMILES string of the molecule is CCOC(=O)c1ccc(NC(=O)N(CC(=O)N(Cc2ccc(F)cc2)Cc2ccco2)CC2CCCO2)cc1. The van der Waals surface area contributed by atoms with E-state index in [0.717, 1.165) is 18.4 Å².